The third-order valence-corrected chi connectivity index (χ3v) is 6.56. The maximum atomic E-state index is 14.7. The second-order valence-electron chi connectivity index (χ2n) is 7.48. The standard InChI is InChI=1S/C26H20F2N2O3S/c27-21-13-11-20(12-14-21)26(31)29-24-16-15-22(17-23(24)28)34(32,33)30-25(18-7-3-1-4-8-18)19-9-5-2-6-10-19/h1-17,25,30H,(H,29,31). The van der Waals surface area contributed by atoms with Gasteiger partial charge in [0.25, 0.3) is 5.91 Å². The molecule has 0 bridgehead atoms. The Morgan fingerprint density at radius 3 is 1.82 bits per heavy atom. The molecule has 4 rings (SSSR count). The fourth-order valence-electron chi connectivity index (χ4n) is 3.40. The lowest BCUT2D eigenvalue weighted by atomic mass is 10.00. The van der Waals surface area contributed by atoms with Crippen molar-refractivity contribution in [2.75, 3.05) is 5.32 Å². The number of nitrogens with one attached hydrogen (secondary N) is 2. The van der Waals surface area contributed by atoms with Crippen LogP contribution in [0.1, 0.15) is 27.5 Å². The highest BCUT2D eigenvalue weighted by molar-refractivity contribution is 7.89. The summed E-state index contributed by atoms with van der Waals surface area (Å²) in [6, 6.07) is 25.4. The van der Waals surface area contributed by atoms with E-state index >= 15 is 0 Å². The predicted molar refractivity (Wildman–Crippen MR) is 126 cm³/mol. The quantitative estimate of drug-likeness (QED) is 0.379. The van der Waals surface area contributed by atoms with Gasteiger partial charge in [0, 0.05) is 5.56 Å². The van der Waals surface area contributed by atoms with Gasteiger partial charge < -0.3 is 5.32 Å². The summed E-state index contributed by atoms with van der Waals surface area (Å²) in [5.74, 6) is -2.08. The molecular weight excluding hydrogens is 458 g/mol. The van der Waals surface area contributed by atoms with Gasteiger partial charge in [0.15, 0.2) is 0 Å². The van der Waals surface area contributed by atoms with Gasteiger partial charge in [-0.1, -0.05) is 60.7 Å². The van der Waals surface area contributed by atoms with Crippen LogP contribution in [0.15, 0.2) is 108 Å². The zero-order valence-electron chi connectivity index (χ0n) is 17.8. The van der Waals surface area contributed by atoms with Crippen LogP contribution >= 0.6 is 0 Å². The van der Waals surface area contributed by atoms with Crippen molar-refractivity contribution in [3.05, 3.63) is 131 Å². The van der Waals surface area contributed by atoms with E-state index in [1.54, 1.807) is 48.5 Å². The Balaban J connectivity index is 1.58. The summed E-state index contributed by atoms with van der Waals surface area (Å²) < 4.78 is 56.7. The van der Waals surface area contributed by atoms with Crippen LogP contribution < -0.4 is 10.0 Å². The molecule has 0 heterocycles. The topological polar surface area (TPSA) is 75.3 Å². The van der Waals surface area contributed by atoms with Crippen molar-refractivity contribution in [2.45, 2.75) is 10.9 Å². The van der Waals surface area contributed by atoms with Crippen LogP contribution in [0, 0.1) is 11.6 Å². The molecule has 4 aromatic rings. The molecule has 8 heteroatoms. The van der Waals surface area contributed by atoms with E-state index in [0.717, 1.165) is 29.3 Å². The number of hydrogen-bond donors (Lipinski definition) is 2. The van der Waals surface area contributed by atoms with Crippen LogP contribution in [-0.2, 0) is 10.0 Å². The lowest BCUT2D eigenvalue weighted by molar-refractivity contribution is 0.102. The first-order chi connectivity index (χ1) is 16.3. The van der Waals surface area contributed by atoms with Gasteiger partial charge in [-0.05, 0) is 53.6 Å². The summed E-state index contributed by atoms with van der Waals surface area (Å²) in [5, 5.41) is 2.37. The summed E-state index contributed by atoms with van der Waals surface area (Å²) in [6.45, 7) is 0. The molecule has 0 aliphatic rings. The maximum absolute atomic E-state index is 14.7. The number of anilines is 1. The molecule has 0 atom stereocenters. The van der Waals surface area contributed by atoms with Crippen molar-refractivity contribution in [3.8, 4) is 0 Å². The van der Waals surface area contributed by atoms with Gasteiger partial charge in [-0.2, -0.15) is 4.72 Å². The van der Waals surface area contributed by atoms with E-state index in [4.69, 9.17) is 0 Å². The van der Waals surface area contributed by atoms with Gasteiger partial charge >= 0.3 is 0 Å². The van der Waals surface area contributed by atoms with Gasteiger partial charge in [0.05, 0.1) is 16.6 Å². The van der Waals surface area contributed by atoms with E-state index in [9.17, 15) is 22.0 Å². The molecule has 4 aromatic carbocycles. The Labute approximate surface area is 196 Å². The monoisotopic (exact) mass is 478 g/mol. The van der Waals surface area contributed by atoms with E-state index in [-0.39, 0.29) is 16.1 Å². The Bertz CT molecular complexity index is 1360. The van der Waals surface area contributed by atoms with Crippen LogP contribution in [0.2, 0.25) is 0 Å². The van der Waals surface area contributed by atoms with Crippen LogP contribution in [0.3, 0.4) is 0 Å². The second kappa shape index (κ2) is 9.94. The van der Waals surface area contributed by atoms with Gasteiger partial charge in [0.1, 0.15) is 11.6 Å². The summed E-state index contributed by atoms with van der Waals surface area (Å²) >= 11 is 0. The SMILES string of the molecule is O=C(Nc1ccc(S(=O)(=O)NC(c2ccccc2)c2ccccc2)cc1F)c1ccc(F)cc1. The van der Waals surface area contributed by atoms with E-state index in [1.807, 2.05) is 12.1 Å². The van der Waals surface area contributed by atoms with E-state index in [0.29, 0.717) is 0 Å². The molecule has 0 unspecified atom stereocenters. The van der Waals surface area contributed by atoms with Crippen molar-refractivity contribution in [3.63, 3.8) is 0 Å². The molecule has 34 heavy (non-hydrogen) atoms. The van der Waals surface area contributed by atoms with E-state index < -0.39 is 33.6 Å². The first-order valence-electron chi connectivity index (χ1n) is 10.3. The molecule has 0 saturated carbocycles. The Kier molecular flexibility index (Phi) is 6.81. The van der Waals surface area contributed by atoms with Crippen LogP contribution in [-0.4, -0.2) is 14.3 Å². The average Bonchev–Trinajstić information content (AvgIpc) is 2.85. The minimum absolute atomic E-state index is 0.132. The Morgan fingerprint density at radius 2 is 1.29 bits per heavy atom. The van der Waals surface area contributed by atoms with Crippen LogP contribution in [0.5, 0.6) is 0 Å². The molecule has 0 fully saturated rings. The minimum Gasteiger partial charge on any atom is -0.319 e. The average molecular weight is 479 g/mol. The molecular formula is C26H20F2N2O3S. The highest BCUT2D eigenvalue weighted by atomic mass is 32.2. The number of amides is 1. The first-order valence-corrected chi connectivity index (χ1v) is 11.8. The van der Waals surface area contributed by atoms with Crippen LogP contribution in [0.4, 0.5) is 14.5 Å². The summed E-state index contributed by atoms with van der Waals surface area (Å²) in [5.41, 5.74) is 1.38. The smallest absolute Gasteiger partial charge is 0.255 e. The van der Waals surface area contributed by atoms with Crippen molar-refractivity contribution in [1.82, 2.24) is 4.72 Å². The summed E-state index contributed by atoms with van der Waals surface area (Å²) in [4.78, 5) is 12.0. The molecule has 0 radical (unpaired) electrons. The fraction of sp³-hybridized carbons (Fsp3) is 0.0385. The number of hydrogen-bond acceptors (Lipinski definition) is 3. The first kappa shape index (κ1) is 23.3. The number of sulfonamides is 1. The van der Waals surface area contributed by atoms with Crippen molar-refractivity contribution in [2.24, 2.45) is 0 Å². The molecule has 172 valence electrons. The summed E-state index contributed by atoms with van der Waals surface area (Å²) in [6.07, 6.45) is 0. The van der Waals surface area contributed by atoms with Gasteiger partial charge in [-0.3, -0.25) is 4.79 Å². The lowest BCUT2D eigenvalue weighted by Gasteiger charge is -2.20. The van der Waals surface area contributed by atoms with Crippen molar-refractivity contribution < 1.29 is 22.0 Å². The third-order valence-electron chi connectivity index (χ3n) is 5.14. The second-order valence-corrected chi connectivity index (χ2v) is 9.19. The number of carbonyl (C=O) groups is 1. The number of halogens is 2. The van der Waals surface area contributed by atoms with E-state index in [2.05, 4.69) is 10.0 Å². The maximum Gasteiger partial charge on any atom is 0.255 e. The number of rotatable bonds is 7. The highest BCUT2D eigenvalue weighted by Crippen LogP contribution is 2.26. The fourth-order valence-corrected chi connectivity index (χ4v) is 4.63. The molecule has 0 aliphatic carbocycles. The molecule has 5 nitrogen and oxygen atoms in total. The van der Waals surface area contributed by atoms with Crippen LogP contribution in [0.25, 0.3) is 0 Å². The Morgan fingerprint density at radius 1 is 0.735 bits per heavy atom. The highest BCUT2D eigenvalue weighted by Gasteiger charge is 2.24. The lowest BCUT2D eigenvalue weighted by Crippen LogP contribution is -2.29. The molecule has 2 N–H and O–H groups in total. The largest absolute Gasteiger partial charge is 0.319 e. The molecule has 0 aromatic heterocycles. The van der Waals surface area contributed by atoms with Crippen molar-refractivity contribution >= 4 is 21.6 Å². The zero-order chi connectivity index (χ0) is 24.1. The summed E-state index contributed by atoms with van der Waals surface area (Å²) in [7, 11) is -4.12. The molecule has 0 saturated heterocycles. The zero-order valence-corrected chi connectivity index (χ0v) is 18.6. The third kappa shape index (κ3) is 5.36. The number of carbonyl (C=O) groups excluding carboxylic acids is 1. The molecule has 0 spiro atoms. The van der Waals surface area contributed by atoms with Gasteiger partial charge in [-0.25, -0.2) is 17.2 Å². The number of benzene rings is 4. The molecule has 1 amide bonds. The van der Waals surface area contributed by atoms with Gasteiger partial charge in [-0.15, -0.1) is 0 Å². The van der Waals surface area contributed by atoms with E-state index in [1.165, 1.54) is 24.3 Å². The predicted octanol–water partition coefficient (Wildman–Crippen LogP) is 5.29. The van der Waals surface area contributed by atoms with Crippen molar-refractivity contribution in [1.29, 1.82) is 0 Å². The molecule has 0 aliphatic heterocycles. The minimum atomic E-state index is -4.12. The normalized spacial score (nSPS) is 11.4. The Hall–Kier alpha value is -3.88. The van der Waals surface area contributed by atoms with Gasteiger partial charge in [0.2, 0.25) is 10.0 Å².